The third-order valence-electron chi connectivity index (χ3n) is 4.57. The lowest BCUT2D eigenvalue weighted by Crippen LogP contribution is -2.29. The second-order valence-electron chi connectivity index (χ2n) is 6.56. The predicted octanol–water partition coefficient (Wildman–Crippen LogP) is 0.913. The summed E-state index contributed by atoms with van der Waals surface area (Å²) >= 11 is 0. The van der Waals surface area contributed by atoms with E-state index in [1.807, 2.05) is 5.32 Å². The minimum atomic E-state index is -2.73. The van der Waals surface area contributed by atoms with Crippen LogP contribution in [0.5, 0.6) is 5.75 Å². The number of benzene rings is 1. The molecule has 160 valence electrons. The summed E-state index contributed by atoms with van der Waals surface area (Å²) in [6.07, 6.45) is 1.55. The fraction of sp³-hybridized carbons (Fsp3) is 0.263. The Morgan fingerprint density at radius 1 is 1.32 bits per heavy atom. The van der Waals surface area contributed by atoms with Crippen molar-refractivity contribution in [2.75, 3.05) is 37.4 Å². The number of aryl methyl sites for hydroxylation is 1. The van der Waals surface area contributed by atoms with Crippen molar-refractivity contribution >= 4 is 29.1 Å². The van der Waals surface area contributed by atoms with Gasteiger partial charge < -0.3 is 20.7 Å². The summed E-state index contributed by atoms with van der Waals surface area (Å²) in [5.41, 5.74) is 0.863. The van der Waals surface area contributed by atoms with Crippen molar-refractivity contribution in [1.29, 1.82) is 0 Å². The van der Waals surface area contributed by atoms with E-state index in [0.717, 1.165) is 0 Å². The molecule has 3 heterocycles. The second-order valence-corrected chi connectivity index (χ2v) is 6.56. The van der Waals surface area contributed by atoms with Gasteiger partial charge in [-0.25, -0.2) is 9.78 Å². The normalized spacial score (nSPS) is 15.0. The molecule has 2 aromatic heterocycles. The van der Waals surface area contributed by atoms with E-state index in [4.69, 9.17) is 8.85 Å². The van der Waals surface area contributed by atoms with Crippen LogP contribution in [0.3, 0.4) is 0 Å². The maximum Gasteiger partial charge on any atom is 0.323 e. The fourth-order valence-corrected chi connectivity index (χ4v) is 3.16. The van der Waals surface area contributed by atoms with Crippen molar-refractivity contribution in [3.63, 3.8) is 0 Å². The van der Waals surface area contributed by atoms with Crippen molar-refractivity contribution in [3.8, 4) is 17.1 Å². The molecule has 0 saturated carbocycles. The maximum absolute atomic E-state index is 12.7. The summed E-state index contributed by atoms with van der Waals surface area (Å²) in [5, 5.41) is 19.8. The molecule has 1 aromatic carbocycles. The Morgan fingerprint density at radius 2 is 2.19 bits per heavy atom. The largest absolute Gasteiger partial charge is 0.494 e. The highest BCUT2D eigenvalue weighted by Gasteiger charge is 2.25. The lowest BCUT2D eigenvalue weighted by atomic mass is 10.1. The predicted molar refractivity (Wildman–Crippen MR) is 112 cm³/mol. The van der Waals surface area contributed by atoms with Gasteiger partial charge in [0.1, 0.15) is 6.33 Å². The van der Waals surface area contributed by atoms with Crippen molar-refractivity contribution in [1.82, 2.24) is 35.6 Å². The topological polar surface area (TPSA) is 139 Å². The standard InChI is InChI=1S/C19H21N9O3/c1-20-18(29)15-13(9-14(24-25-15)28-8-7-21-19(28)30)23-12-6-4-5-11(16(12)31-3)17-22-10-27(2)26-17/h4-6,9-10H,7-8H2,1-3H3,(H,20,29)(H,21,30)(H,23,24)/i1D3. The number of amides is 3. The molecule has 0 bridgehead atoms. The number of urea groups is 1. The van der Waals surface area contributed by atoms with E-state index in [1.54, 1.807) is 36.3 Å². The van der Waals surface area contributed by atoms with Gasteiger partial charge in [0.2, 0.25) is 0 Å². The fourth-order valence-electron chi connectivity index (χ4n) is 3.16. The van der Waals surface area contributed by atoms with Crippen LogP contribution in [0.25, 0.3) is 11.4 Å². The number of carbonyl (C=O) groups excluding carboxylic acids is 2. The Balaban J connectivity index is 1.77. The van der Waals surface area contributed by atoms with E-state index >= 15 is 0 Å². The molecule has 3 aromatic rings. The summed E-state index contributed by atoms with van der Waals surface area (Å²) in [4.78, 5) is 30.3. The third kappa shape index (κ3) is 3.82. The molecule has 0 spiro atoms. The summed E-state index contributed by atoms with van der Waals surface area (Å²) in [7, 11) is 3.21. The number of nitrogens with one attached hydrogen (secondary N) is 3. The number of methoxy groups -OCH3 is 1. The van der Waals surface area contributed by atoms with Gasteiger partial charge in [-0.1, -0.05) is 6.07 Å². The molecule has 0 radical (unpaired) electrons. The highest BCUT2D eigenvalue weighted by Crippen LogP contribution is 2.37. The molecular weight excluding hydrogens is 402 g/mol. The highest BCUT2D eigenvalue weighted by molar-refractivity contribution is 6.00. The average molecular weight is 426 g/mol. The van der Waals surface area contributed by atoms with Gasteiger partial charge in [-0.15, -0.1) is 10.2 Å². The van der Waals surface area contributed by atoms with Crippen LogP contribution in [0, 0.1) is 0 Å². The monoisotopic (exact) mass is 426 g/mol. The molecule has 31 heavy (non-hydrogen) atoms. The lowest BCUT2D eigenvalue weighted by Gasteiger charge is -2.18. The van der Waals surface area contributed by atoms with Crippen LogP contribution in [0.15, 0.2) is 30.6 Å². The molecule has 12 nitrogen and oxygen atoms in total. The Labute approximate surface area is 181 Å². The summed E-state index contributed by atoms with van der Waals surface area (Å²) < 4.78 is 29.1. The first-order valence-electron chi connectivity index (χ1n) is 10.7. The number of carbonyl (C=O) groups is 2. The quantitative estimate of drug-likeness (QED) is 0.529. The Kier molecular flexibility index (Phi) is 4.41. The molecule has 0 unspecified atom stereocenters. The summed E-state index contributed by atoms with van der Waals surface area (Å²) in [6, 6.07) is 6.28. The van der Waals surface area contributed by atoms with Crippen molar-refractivity contribution in [2.24, 2.45) is 7.05 Å². The van der Waals surface area contributed by atoms with E-state index in [-0.39, 0.29) is 23.2 Å². The number of ether oxygens (including phenoxy) is 1. The number of aromatic nitrogens is 5. The summed E-state index contributed by atoms with van der Waals surface area (Å²) in [5.74, 6) is 0.0252. The third-order valence-corrected chi connectivity index (χ3v) is 4.57. The van der Waals surface area contributed by atoms with E-state index in [1.165, 1.54) is 18.1 Å². The van der Waals surface area contributed by atoms with Gasteiger partial charge in [0.05, 0.1) is 24.0 Å². The number of hydrogen-bond acceptors (Lipinski definition) is 8. The maximum atomic E-state index is 12.7. The molecule has 4 rings (SSSR count). The first-order chi connectivity index (χ1) is 16.2. The zero-order valence-electron chi connectivity index (χ0n) is 19.7. The van der Waals surface area contributed by atoms with E-state index in [9.17, 15) is 9.59 Å². The summed E-state index contributed by atoms with van der Waals surface area (Å²) in [6.45, 7) is -1.94. The average Bonchev–Trinajstić information content (AvgIpc) is 3.40. The molecule has 0 aliphatic carbocycles. The van der Waals surface area contributed by atoms with E-state index in [2.05, 4.69) is 30.9 Å². The molecule has 12 heteroatoms. The van der Waals surface area contributed by atoms with Crippen LogP contribution in [0.4, 0.5) is 22.0 Å². The van der Waals surface area contributed by atoms with Gasteiger partial charge in [0.25, 0.3) is 5.91 Å². The minimum absolute atomic E-state index is 0.121. The van der Waals surface area contributed by atoms with E-state index in [0.29, 0.717) is 35.9 Å². The molecular formula is C19H21N9O3. The van der Waals surface area contributed by atoms with Gasteiger partial charge in [0.15, 0.2) is 23.1 Å². The molecule has 1 aliphatic rings. The Bertz CT molecular complexity index is 1250. The molecule has 1 aliphatic heterocycles. The van der Waals surface area contributed by atoms with Crippen LogP contribution in [0.1, 0.15) is 14.6 Å². The zero-order valence-corrected chi connectivity index (χ0v) is 16.7. The second kappa shape index (κ2) is 8.26. The lowest BCUT2D eigenvalue weighted by molar-refractivity contribution is 0.0958. The molecule has 0 atom stereocenters. The van der Waals surface area contributed by atoms with Crippen LogP contribution in [0.2, 0.25) is 0 Å². The van der Waals surface area contributed by atoms with Gasteiger partial charge >= 0.3 is 6.03 Å². The molecule has 3 amide bonds. The van der Waals surface area contributed by atoms with Gasteiger partial charge in [-0.2, -0.15) is 5.10 Å². The van der Waals surface area contributed by atoms with Gasteiger partial charge in [0, 0.05) is 37.3 Å². The number of nitrogens with zero attached hydrogens (tertiary/aromatic N) is 6. The first-order valence-corrected chi connectivity index (χ1v) is 9.22. The van der Waals surface area contributed by atoms with Crippen LogP contribution < -0.4 is 25.6 Å². The van der Waals surface area contributed by atoms with Crippen molar-refractivity contribution in [2.45, 2.75) is 0 Å². The highest BCUT2D eigenvalue weighted by atomic mass is 16.5. The minimum Gasteiger partial charge on any atom is -0.494 e. The van der Waals surface area contributed by atoms with Crippen molar-refractivity contribution < 1.29 is 18.4 Å². The van der Waals surface area contributed by atoms with Crippen LogP contribution in [-0.2, 0) is 7.05 Å². The number of para-hydroxylation sites is 1. The van der Waals surface area contributed by atoms with E-state index < -0.39 is 12.9 Å². The SMILES string of the molecule is [2H]C([2H])([2H])NC(=O)c1nnc(N2CCNC2=O)cc1Nc1cccc(-c2ncn(C)n2)c1OC. The van der Waals surface area contributed by atoms with Crippen molar-refractivity contribution in [3.05, 3.63) is 36.3 Å². The van der Waals surface area contributed by atoms with Crippen LogP contribution >= 0.6 is 0 Å². The first kappa shape index (κ1) is 16.6. The van der Waals surface area contributed by atoms with Gasteiger partial charge in [-0.3, -0.25) is 14.4 Å². The number of hydrogen-bond donors (Lipinski definition) is 3. The van der Waals surface area contributed by atoms with Gasteiger partial charge in [-0.05, 0) is 12.1 Å². The smallest absolute Gasteiger partial charge is 0.323 e. The number of anilines is 3. The Morgan fingerprint density at radius 3 is 2.87 bits per heavy atom. The van der Waals surface area contributed by atoms with Crippen LogP contribution in [-0.4, -0.2) is 64.1 Å². The Hall–Kier alpha value is -4.22. The number of rotatable bonds is 6. The molecule has 1 saturated heterocycles. The molecule has 3 N–H and O–H groups in total. The molecule has 1 fully saturated rings. The zero-order chi connectivity index (χ0) is 24.5.